The lowest BCUT2D eigenvalue weighted by Crippen LogP contribution is -2.39. The zero-order chi connectivity index (χ0) is 58.5. The highest BCUT2D eigenvalue weighted by molar-refractivity contribution is 6.31. The van der Waals surface area contributed by atoms with Crippen LogP contribution in [0, 0.1) is 52.1 Å². The first kappa shape index (κ1) is 59.6. The van der Waals surface area contributed by atoms with Crippen molar-refractivity contribution >= 4 is 58.1 Å². The first-order valence-corrected chi connectivity index (χ1v) is 28.6. The zero-order valence-electron chi connectivity index (χ0n) is 46.5. The summed E-state index contributed by atoms with van der Waals surface area (Å²) in [4.78, 5) is 52.3. The Morgan fingerprint density at radius 3 is 2.43 bits per heavy atom. The molecule has 6 aromatic rings. The maximum Gasteiger partial charge on any atom is 0.284 e. The Balaban J connectivity index is 0.749. The minimum atomic E-state index is -2.91. The molecular weight excluding hydrogens is 1100 g/mol. The van der Waals surface area contributed by atoms with E-state index >= 15 is 8.78 Å². The van der Waals surface area contributed by atoms with Gasteiger partial charge in [0.25, 0.3) is 18.2 Å². The third kappa shape index (κ3) is 13.7. The van der Waals surface area contributed by atoms with Gasteiger partial charge >= 0.3 is 0 Å². The number of carbonyl (C=O) groups excluding carboxylic acids is 3. The summed E-state index contributed by atoms with van der Waals surface area (Å²) in [6, 6.07) is 18.9. The molecule has 3 aliphatic carbocycles. The van der Waals surface area contributed by atoms with E-state index in [9.17, 15) is 28.4 Å². The number of carbonyl (C=O) groups is 3. The number of hydrogen-bond acceptors (Lipinski definition) is 11. The molecular formula is C61H68Cl2F4N10O5. The number of benzene rings is 3. The van der Waals surface area contributed by atoms with Gasteiger partial charge in [-0.1, -0.05) is 62.2 Å². The molecule has 0 saturated heterocycles. The Kier molecular flexibility index (Phi) is 18.6. The number of halogens is 6. The quantitative estimate of drug-likeness (QED) is 0.0373. The molecule has 4 N–H and O–H groups in total. The van der Waals surface area contributed by atoms with Crippen molar-refractivity contribution < 1.29 is 41.1 Å². The Bertz CT molecular complexity index is 3310. The van der Waals surface area contributed by atoms with Crippen molar-refractivity contribution in [2.45, 2.75) is 109 Å². The van der Waals surface area contributed by atoms with Gasteiger partial charge in [-0.25, -0.2) is 27.5 Å². The van der Waals surface area contributed by atoms with Crippen LogP contribution in [0.1, 0.15) is 141 Å². The molecule has 82 heavy (non-hydrogen) atoms. The van der Waals surface area contributed by atoms with Gasteiger partial charge in [0, 0.05) is 65.6 Å². The Hall–Kier alpha value is -7.01. The third-order valence-corrected chi connectivity index (χ3v) is 16.6. The van der Waals surface area contributed by atoms with Crippen LogP contribution in [0.15, 0.2) is 89.8 Å². The van der Waals surface area contributed by atoms with Crippen LogP contribution in [0.2, 0.25) is 10.0 Å². The summed E-state index contributed by atoms with van der Waals surface area (Å²) in [6.07, 6.45) is 9.01. The second-order valence-corrected chi connectivity index (χ2v) is 24.1. The summed E-state index contributed by atoms with van der Waals surface area (Å²) < 4.78 is 73.8. The fraction of sp³-hybridized carbons (Fsp3) is 0.459. The van der Waals surface area contributed by atoms with Crippen LogP contribution in [0.5, 0.6) is 5.75 Å². The number of oxazole rings is 1. The summed E-state index contributed by atoms with van der Waals surface area (Å²) in [5.41, 5.74) is -1.54. The van der Waals surface area contributed by atoms with Crippen LogP contribution < -0.4 is 26.0 Å². The average Bonchev–Trinajstić information content (AvgIpc) is 3.59. The number of ether oxygens (including phenoxy) is 1. The summed E-state index contributed by atoms with van der Waals surface area (Å²) in [7, 11) is 3.46. The molecule has 0 spiro atoms. The normalized spacial score (nSPS) is 20.9. The number of pyridine rings is 1. The lowest BCUT2D eigenvalue weighted by Gasteiger charge is -2.38. The number of hydrogen-bond donors (Lipinski definition) is 4. The van der Waals surface area contributed by atoms with E-state index in [1.165, 1.54) is 62.7 Å². The van der Waals surface area contributed by atoms with E-state index in [0.29, 0.717) is 48.2 Å². The molecule has 21 heteroatoms. The summed E-state index contributed by atoms with van der Waals surface area (Å²) >= 11 is 12.5. The summed E-state index contributed by atoms with van der Waals surface area (Å²) in [5.74, 6) is -3.84. The molecule has 0 bridgehead atoms. The first-order chi connectivity index (χ1) is 39.2. The third-order valence-electron chi connectivity index (χ3n) is 16.1. The molecule has 0 aliphatic heterocycles. The van der Waals surface area contributed by atoms with E-state index < -0.39 is 58.7 Å². The minimum Gasteiger partial charge on any atom is -0.495 e. The molecule has 3 amide bonds. The van der Waals surface area contributed by atoms with E-state index in [4.69, 9.17) is 32.4 Å². The number of nitrogens with one attached hydrogen (secondary N) is 4. The second kappa shape index (κ2) is 25.6. The maximum absolute atomic E-state index is 16.2. The highest BCUT2D eigenvalue weighted by Gasteiger charge is 2.61. The van der Waals surface area contributed by atoms with Crippen LogP contribution in [0.4, 0.5) is 34.8 Å². The Labute approximate surface area is 484 Å². The number of anilines is 3. The number of methoxy groups -OCH3 is 1. The van der Waals surface area contributed by atoms with Gasteiger partial charge in [-0.15, -0.1) is 0 Å². The highest BCUT2D eigenvalue weighted by atomic mass is 35.5. The van der Waals surface area contributed by atoms with Gasteiger partial charge in [0.2, 0.25) is 11.8 Å². The molecule has 0 radical (unpaired) electrons. The lowest BCUT2D eigenvalue weighted by molar-refractivity contribution is -0.120. The van der Waals surface area contributed by atoms with E-state index in [2.05, 4.69) is 54.4 Å². The minimum absolute atomic E-state index is 0.0138. The SMILES string of the molecule is COc1cc(C(=O)NCCCCN(C)CC2CCC(n3cc(NC(=O)c4coc(-c5ccnc(NCC6CC6)c5)n4)c(C(F)F)n3)CC2)ccc1NC(=O)[C@@H]1C[C@@H](CC(C)(C)C)[C@](C#N)(c2ccc(Cl)cc2F)[C@H]1c1cccc(Cl)c1F. The molecule has 3 aromatic heterocycles. The smallest absolute Gasteiger partial charge is 0.284 e. The van der Waals surface area contributed by atoms with Crippen molar-refractivity contribution in [3.05, 3.63) is 135 Å². The number of rotatable bonds is 22. The van der Waals surface area contributed by atoms with E-state index in [-0.39, 0.29) is 73.7 Å². The monoisotopic (exact) mass is 1170 g/mol. The van der Waals surface area contributed by atoms with Gasteiger partial charge in [-0.05, 0) is 155 Å². The van der Waals surface area contributed by atoms with Gasteiger partial charge in [0.1, 0.15) is 29.5 Å². The van der Waals surface area contributed by atoms with E-state index in [1.807, 2.05) is 20.8 Å². The lowest BCUT2D eigenvalue weighted by atomic mass is 9.62. The molecule has 3 fully saturated rings. The van der Waals surface area contributed by atoms with Crippen LogP contribution >= 0.6 is 23.2 Å². The van der Waals surface area contributed by atoms with E-state index in [1.54, 1.807) is 41.2 Å². The van der Waals surface area contributed by atoms with Crippen molar-refractivity contribution in [2.24, 2.45) is 29.1 Å². The van der Waals surface area contributed by atoms with E-state index in [0.717, 1.165) is 57.8 Å². The number of unbranched alkanes of at least 4 members (excludes halogenated alkanes) is 1. The van der Waals surface area contributed by atoms with Crippen LogP contribution in [-0.4, -0.2) is 82.7 Å². The molecule has 3 aromatic carbocycles. The molecule has 434 valence electrons. The summed E-state index contributed by atoms with van der Waals surface area (Å²) in [5, 5.41) is 27.2. The largest absolute Gasteiger partial charge is 0.495 e. The maximum atomic E-state index is 16.2. The second-order valence-electron chi connectivity index (χ2n) is 23.3. The van der Waals surface area contributed by atoms with Crippen molar-refractivity contribution in [1.82, 2.24) is 30.0 Å². The topological polar surface area (TPSA) is 192 Å². The fourth-order valence-electron chi connectivity index (χ4n) is 12.0. The van der Waals surface area contributed by atoms with Gasteiger partial charge in [-0.2, -0.15) is 10.4 Å². The molecule has 3 saturated carbocycles. The number of amides is 3. The summed E-state index contributed by atoms with van der Waals surface area (Å²) in [6.45, 7) is 8.84. The number of nitrogens with zero attached hydrogens (tertiary/aromatic N) is 6. The predicted molar refractivity (Wildman–Crippen MR) is 306 cm³/mol. The Morgan fingerprint density at radius 2 is 1.72 bits per heavy atom. The van der Waals surface area contributed by atoms with Crippen LogP contribution in [0.25, 0.3) is 11.5 Å². The fourth-order valence-corrected chi connectivity index (χ4v) is 12.3. The number of alkyl halides is 2. The molecule has 9 rings (SSSR count). The molecule has 0 unspecified atom stereocenters. The number of nitriles is 1. The van der Waals surface area contributed by atoms with Crippen molar-refractivity contribution in [3.8, 4) is 23.3 Å². The van der Waals surface area contributed by atoms with Crippen molar-refractivity contribution in [1.29, 1.82) is 5.26 Å². The standard InChI is InChI=1S/C61H68Cl2F4N10O5/c1-60(2,3)29-39-27-43(52(42-9-8-10-45(63)53(42)65)61(39,34-68)44-19-16-40(62)28-46(44)64)57(79)72-47-20-15-37(25-50(47)81-5)56(78)70-22-6-7-24-76(4)31-36-13-17-41(18-14-36)77-32-48(54(75-77)55(66)67)73-58(80)49-33-82-59(74-49)38-21-23-69-51(26-38)71-30-35-11-12-35/h8-10,15-16,19-21,23,25-26,28,32-33,35-36,39,41,43,52,55H,6-7,11-14,17-18,22,24,27,29-31H2,1-5H3,(H,69,71)(H,70,78)(H,72,79)(H,73,80)/t36?,39-,41?,43+,52-,61+/m0/s1. The van der Waals surface area contributed by atoms with Gasteiger partial charge < -0.3 is 35.3 Å². The molecule has 3 aliphatic rings. The molecule has 3 heterocycles. The zero-order valence-corrected chi connectivity index (χ0v) is 48.0. The van der Waals surface area contributed by atoms with Crippen LogP contribution in [0.3, 0.4) is 0 Å². The van der Waals surface area contributed by atoms with Gasteiger partial charge in [0.15, 0.2) is 11.4 Å². The highest BCUT2D eigenvalue weighted by Crippen LogP contribution is 2.61. The van der Waals surface area contributed by atoms with Crippen molar-refractivity contribution in [2.75, 3.05) is 56.3 Å². The average molecular weight is 1170 g/mol. The van der Waals surface area contributed by atoms with Crippen molar-refractivity contribution in [3.63, 3.8) is 0 Å². The Morgan fingerprint density at radius 1 is 0.951 bits per heavy atom. The van der Waals surface area contributed by atoms with Crippen LogP contribution in [-0.2, 0) is 10.2 Å². The number of aromatic nitrogens is 4. The molecule has 4 atom stereocenters. The van der Waals surface area contributed by atoms with Gasteiger partial charge in [0.05, 0.1) is 41.0 Å². The molecule has 15 nitrogen and oxygen atoms in total. The van der Waals surface area contributed by atoms with Gasteiger partial charge in [-0.3, -0.25) is 19.1 Å². The first-order valence-electron chi connectivity index (χ1n) is 27.9. The predicted octanol–water partition coefficient (Wildman–Crippen LogP) is 13.7.